The maximum Gasteiger partial charge on any atom is 0.323 e. The third-order valence-corrected chi connectivity index (χ3v) is 1.36. The Labute approximate surface area is 71.9 Å². The van der Waals surface area contributed by atoms with Crippen LogP contribution in [0.25, 0.3) is 0 Å². The number of hydrogen-bond donors (Lipinski definition) is 3. The van der Waals surface area contributed by atoms with Crippen LogP contribution in [0.3, 0.4) is 0 Å². The van der Waals surface area contributed by atoms with Crippen LogP contribution < -0.4 is 5.32 Å². The number of allylic oxidation sites excluding steroid dienone is 1. The first-order valence-electron chi connectivity index (χ1n) is 3.78. The maximum atomic E-state index is 10.4. The summed E-state index contributed by atoms with van der Waals surface area (Å²) in [6, 6.07) is -0.861. The summed E-state index contributed by atoms with van der Waals surface area (Å²) in [6.07, 6.45) is 1.87. The van der Waals surface area contributed by atoms with Gasteiger partial charge in [0.05, 0.1) is 6.61 Å². The van der Waals surface area contributed by atoms with E-state index in [-0.39, 0.29) is 6.61 Å². The van der Waals surface area contributed by atoms with Crippen molar-refractivity contribution in [2.24, 2.45) is 0 Å². The Bertz CT molecular complexity index is 173. The van der Waals surface area contributed by atoms with E-state index in [1.54, 1.807) is 0 Å². The van der Waals surface area contributed by atoms with Gasteiger partial charge in [-0.2, -0.15) is 0 Å². The van der Waals surface area contributed by atoms with Crippen molar-refractivity contribution in [1.82, 2.24) is 5.32 Å². The van der Waals surface area contributed by atoms with Crippen LogP contribution >= 0.6 is 0 Å². The number of aliphatic carboxylic acids is 1. The van der Waals surface area contributed by atoms with E-state index in [0.717, 1.165) is 5.57 Å². The van der Waals surface area contributed by atoms with Crippen LogP contribution in [0.4, 0.5) is 0 Å². The van der Waals surface area contributed by atoms with Gasteiger partial charge in [-0.1, -0.05) is 11.6 Å². The lowest BCUT2D eigenvalue weighted by Crippen LogP contribution is -2.39. The van der Waals surface area contributed by atoms with E-state index in [0.29, 0.717) is 6.54 Å². The van der Waals surface area contributed by atoms with Gasteiger partial charge in [0.25, 0.3) is 0 Å². The van der Waals surface area contributed by atoms with Crippen molar-refractivity contribution in [2.45, 2.75) is 19.9 Å². The zero-order valence-corrected chi connectivity index (χ0v) is 7.37. The van der Waals surface area contributed by atoms with Crippen molar-refractivity contribution < 1.29 is 15.0 Å². The first-order chi connectivity index (χ1) is 5.57. The smallest absolute Gasteiger partial charge is 0.323 e. The number of rotatable bonds is 5. The van der Waals surface area contributed by atoms with E-state index in [4.69, 9.17) is 10.2 Å². The molecule has 0 spiro atoms. The third kappa shape index (κ3) is 4.87. The highest BCUT2D eigenvalue weighted by Gasteiger charge is 2.13. The molecule has 70 valence electrons. The Kier molecular flexibility index (Phi) is 5.32. The molecule has 0 amide bonds. The number of carboxylic acid groups (broad SMARTS) is 1. The predicted molar refractivity (Wildman–Crippen MR) is 45.9 cm³/mol. The fourth-order valence-electron chi connectivity index (χ4n) is 0.635. The Hall–Kier alpha value is -0.870. The maximum absolute atomic E-state index is 10.4. The highest BCUT2D eigenvalue weighted by Crippen LogP contribution is 1.87. The minimum absolute atomic E-state index is 0.383. The van der Waals surface area contributed by atoms with Crippen LogP contribution in [0, 0.1) is 0 Å². The molecule has 0 fully saturated rings. The molecule has 4 nitrogen and oxygen atoms in total. The van der Waals surface area contributed by atoms with Crippen LogP contribution in [0.2, 0.25) is 0 Å². The fourth-order valence-corrected chi connectivity index (χ4v) is 0.635. The summed E-state index contributed by atoms with van der Waals surface area (Å²) in [5.74, 6) is -1.03. The van der Waals surface area contributed by atoms with Crippen molar-refractivity contribution in [3.05, 3.63) is 11.6 Å². The monoisotopic (exact) mass is 173 g/mol. The van der Waals surface area contributed by atoms with E-state index in [2.05, 4.69) is 5.32 Å². The molecule has 0 aromatic carbocycles. The number of nitrogens with one attached hydrogen (secondary N) is 1. The van der Waals surface area contributed by atoms with Crippen molar-refractivity contribution >= 4 is 5.97 Å². The summed E-state index contributed by atoms with van der Waals surface area (Å²) in [5, 5.41) is 19.8. The van der Waals surface area contributed by atoms with Crippen molar-refractivity contribution in [3.63, 3.8) is 0 Å². The Morgan fingerprint density at radius 3 is 2.50 bits per heavy atom. The number of hydrogen-bond acceptors (Lipinski definition) is 3. The van der Waals surface area contributed by atoms with Crippen LogP contribution in [0.1, 0.15) is 13.8 Å². The first kappa shape index (κ1) is 11.1. The largest absolute Gasteiger partial charge is 0.480 e. The molecule has 0 saturated carbocycles. The summed E-state index contributed by atoms with van der Waals surface area (Å²) in [5.41, 5.74) is 1.12. The summed E-state index contributed by atoms with van der Waals surface area (Å²) < 4.78 is 0. The van der Waals surface area contributed by atoms with Gasteiger partial charge in [0.2, 0.25) is 0 Å². The Balaban J connectivity index is 3.74. The molecule has 0 aliphatic rings. The first-order valence-corrected chi connectivity index (χ1v) is 3.78. The molecule has 0 aromatic rings. The van der Waals surface area contributed by atoms with Gasteiger partial charge in [0, 0.05) is 6.54 Å². The van der Waals surface area contributed by atoms with Crippen LogP contribution in [-0.4, -0.2) is 35.4 Å². The van der Waals surface area contributed by atoms with Crippen molar-refractivity contribution in [2.75, 3.05) is 13.2 Å². The van der Waals surface area contributed by atoms with Crippen LogP contribution in [-0.2, 0) is 4.79 Å². The van der Waals surface area contributed by atoms with Gasteiger partial charge < -0.3 is 10.2 Å². The SMILES string of the molecule is CC(C)=CCN[C@@H](CO)C(=O)O. The lowest BCUT2D eigenvalue weighted by atomic mass is 10.3. The molecule has 0 aliphatic carbocycles. The standard InChI is InChI=1S/C8H15NO3/c1-6(2)3-4-9-7(5-10)8(11)12/h3,7,9-10H,4-5H2,1-2H3,(H,11,12)/t7-/m0/s1. The minimum Gasteiger partial charge on any atom is -0.480 e. The number of carboxylic acids is 1. The van der Waals surface area contributed by atoms with Gasteiger partial charge in [-0.3, -0.25) is 10.1 Å². The van der Waals surface area contributed by atoms with Crippen molar-refractivity contribution in [3.8, 4) is 0 Å². The molecule has 0 saturated heterocycles. The highest BCUT2D eigenvalue weighted by atomic mass is 16.4. The zero-order valence-electron chi connectivity index (χ0n) is 7.37. The van der Waals surface area contributed by atoms with E-state index in [1.807, 2.05) is 19.9 Å². The molecule has 4 heteroatoms. The number of carbonyl (C=O) groups is 1. The third-order valence-electron chi connectivity index (χ3n) is 1.36. The van der Waals surface area contributed by atoms with E-state index < -0.39 is 12.0 Å². The topological polar surface area (TPSA) is 69.6 Å². The average molecular weight is 173 g/mol. The predicted octanol–water partition coefficient (Wildman–Crippen LogP) is -0.0123. The summed E-state index contributed by atoms with van der Waals surface area (Å²) in [6.45, 7) is 3.94. The minimum atomic E-state index is -1.03. The second kappa shape index (κ2) is 5.74. The van der Waals surface area contributed by atoms with E-state index >= 15 is 0 Å². The van der Waals surface area contributed by atoms with Gasteiger partial charge in [-0.05, 0) is 13.8 Å². The number of aliphatic hydroxyl groups excluding tert-OH is 1. The van der Waals surface area contributed by atoms with Gasteiger partial charge in [-0.25, -0.2) is 0 Å². The fraction of sp³-hybridized carbons (Fsp3) is 0.625. The summed E-state index contributed by atoms with van der Waals surface area (Å²) >= 11 is 0. The molecule has 0 aromatic heterocycles. The molecule has 0 aliphatic heterocycles. The molecule has 0 bridgehead atoms. The molecule has 0 rings (SSSR count). The molecular formula is C8H15NO3. The molecule has 0 heterocycles. The van der Waals surface area contributed by atoms with Gasteiger partial charge in [0.15, 0.2) is 0 Å². The molecule has 12 heavy (non-hydrogen) atoms. The second-order valence-electron chi connectivity index (χ2n) is 2.76. The van der Waals surface area contributed by atoms with Crippen molar-refractivity contribution in [1.29, 1.82) is 0 Å². The Morgan fingerprint density at radius 1 is 1.58 bits per heavy atom. The normalized spacial score (nSPS) is 12.2. The molecule has 0 radical (unpaired) electrons. The second-order valence-corrected chi connectivity index (χ2v) is 2.76. The average Bonchev–Trinajstić information content (AvgIpc) is 1.96. The summed E-state index contributed by atoms with van der Waals surface area (Å²) in [7, 11) is 0. The zero-order chi connectivity index (χ0) is 9.56. The van der Waals surface area contributed by atoms with Gasteiger partial charge in [-0.15, -0.1) is 0 Å². The highest BCUT2D eigenvalue weighted by molar-refractivity contribution is 5.73. The van der Waals surface area contributed by atoms with Crippen LogP contribution in [0.5, 0.6) is 0 Å². The molecular weight excluding hydrogens is 158 g/mol. The molecule has 3 N–H and O–H groups in total. The van der Waals surface area contributed by atoms with Crippen LogP contribution in [0.15, 0.2) is 11.6 Å². The quantitative estimate of drug-likeness (QED) is 0.511. The lowest BCUT2D eigenvalue weighted by molar-refractivity contribution is -0.140. The van der Waals surface area contributed by atoms with Gasteiger partial charge >= 0.3 is 5.97 Å². The van der Waals surface area contributed by atoms with Gasteiger partial charge in [0.1, 0.15) is 6.04 Å². The lowest BCUT2D eigenvalue weighted by Gasteiger charge is -2.08. The summed E-state index contributed by atoms with van der Waals surface area (Å²) in [4.78, 5) is 10.4. The Morgan fingerprint density at radius 2 is 2.17 bits per heavy atom. The number of aliphatic hydroxyl groups is 1. The molecule has 1 atom stereocenters. The van der Waals surface area contributed by atoms with E-state index in [1.165, 1.54) is 0 Å². The van der Waals surface area contributed by atoms with E-state index in [9.17, 15) is 4.79 Å². The molecule has 0 unspecified atom stereocenters.